The maximum Gasteiger partial charge on any atom is 0.233 e. The predicted molar refractivity (Wildman–Crippen MR) is 50.1 cm³/mol. The lowest BCUT2D eigenvalue weighted by Gasteiger charge is -2.25. The van der Waals surface area contributed by atoms with Gasteiger partial charge in [-0.2, -0.15) is 0 Å². The van der Waals surface area contributed by atoms with Crippen LogP contribution in [0.2, 0.25) is 0 Å². The van der Waals surface area contributed by atoms with E-state index in [2.05, 4.69) is 11.9 Å². The molecule has 1 fully saturated rings. The lowest BCUT2D eigenvalue weighted by atomic mass is 9.78. The van der Waals surface area contributed by atoms with Crippen molar-refractivity contribution in [1.29, 1.82) is 0 Å². The number of carbonyl (C=O) groups is 2. The summed E-state index contributed by atoms with van der Waals surface area (Å²) in [6.45, 7) is 5.36. The van der Waals surface area contributed by atoms with Crippen LogP contribution in [0.25, 0.3) is 0 Å². The van der Waals surface area contributed by atoms with Gasteiger partial charge in [-0.1, -0.05) is 6.08 Å². The van der Waals surface area contributed by atoms with Gasteiger partial charge in [0, 0.05) is 13.5 Å². The van der Waals surface area contributed by atoms with Crippen LogP contribution >= 0.6 is 0 Å². The van der Waals surface area contributed by atoms with Gasteiger partial charge in [0.25, 0.3) is 0 Å². The molecule has 1 rings (SSSR count). The first-order valence-electron chi connectivity index (χ1n) is 4.45. The number of Topliss-reactive ketones (excluding diaryl/α,β-unsaturated/α-hetero) is 1. The summed E-state index contributed by atoms with van der Waals surface area (Å²) in [7, 11) is 1.55. The average Bonchev–Trinajstić information content (AvgIpc) is 2.43. The highest BCUT2D eigenvalue weighted by molar-refractivity contribution is 6.07. The molecule has 1 saturated carbocycles. The molecular formula is C10H15NO2. The van der Waals surface area contributed by atoms with E-state index in [0.717, 1.165) is 6.42 Å². The molecule has 3 nitrogen and oxygen atoms in total. The smallest absolute Gasteiger partial charge is 0.233 e. The van der Waals surface area contributed by atoms with Crippen molar-refractivity contribution in [2.45, 2.75) is 19.8 Å². The van der Waals surface area contributed by atoms with Crippen LogP contribution < -0.4 is 5.32 Å². The van der Waals surface area contributed by atoms with Gasteiger partial charge in [0.05, 0.1) is 0 Å². The van der Waals surface area contributed by atoms with E-state index in [4.69, 9.17) is 0 Å². The highest BCUT2D eigenvalue weighted by Gasteiger charge is 2.49. The number of hydrogen-bond donors (Lipinski definition) is 1. The fraction of sp³-hybridized carbons (Fsp3) is 0.600. The molecular weight excluding hydrogens is 166 g/mol. The Balaban J connectivity index is 3.01. The van der Waals surface area contributed by atoms with Crippen LogP contribution in [-0.4, -0.2) is 18.7 Å². The van der Waals surface area contributed by atoms with E-state index in [1.165, 1.54) is 0 Å². The van der Waals surface area contributed by atoms with Gasteiger partial charge in [0.15, 0.2) is 0 Å². The van der Waals surface area contributed by atoms with Gasteiger partial charge in [-0.05, 0) is 19.3 Å². The van der Waals surface area contributed by atoms with Gasteiger partial charge < -0.3 is 5.32 Å². The van der Waals surface area contributed by atoms with Crippen molar-refractivity contribution >= 4 is 11.7 Å². The zero-order valence-corrected chi connectivity index (χ0v) is 8.09. The minimum absolute atomic E-state index is 0.0139. The number of carbonyl (C=O) groups excluding carboxylic acids is 2. The monoisotopic (exact) mass is 181 g/mol. The molecule has 0 aromatic rings. The Hall–Kier alpha value is -1.12. The van der Waals surface area contributed by atoms with Gasteiger partial charge in [-0.15, -0.1) is 6.58 Å². The summed E-state index contributed by atoms with van der Waals surface area (Å²) >= 11 is 0. The molecule has 0 heterocycles. The molecule has 0 radical (unpaired) electrons. The summed E-state index contributed by atoms with van der Waals surface area (Å²) in [6.07, 6.45) is 2.94. The van der Waals surface area contributed by atoms with Crippen LogP contribution in [0.5, 0.6) is 0 Å². The van der Waals surface area contributed by atoms with Gasteiger partial charge in [0.1, 0.15) is 11.2 Å². The number of hydrogen-bond acceptors (Lipinski definition) is 2. The lowest BCUT2D eigenvalue weighted by molar-refractivity contribution is -0.140. The number of amides is 1. The highest BCUT2D eigenvalue weighted by Crippen LogP contribution is 2.40. The quantitative estimate of drug-likeness (QED) is 0.508. The maximum absolute atomic E-state index is 11.6. The minimum atomic E-state index is -0.878. The molecule has 3 heteroatoms. The molecule has 2 atom stereocenters. The first-order valence-corrected chi connectivity index (χ1v) is 4.45. The van der Waals surface area contributed by atoms with E-state index in [9.17, 15) is 9.59 Å². The van der Waals surface area contributed by atoms with E-state index in [1.54, 1.807) is 20.0 Å². The third kappa shape index (κ3) is 1.28. The van der Waals surface area contributed by atoms with Gasteiger partial charge in [-0.25, -0.2) is 0 Å². The molecule has 1 N–H and O–H groups in total. The number of nitrogens with one attached hydrogen (secondary N) is 1. The van der Waals surface area contributed by atoms with Crippen molar-refractivity contribution in [2.75, 3.05) is 7.05 Å². The minimum Gasteiger partial charge on any atom is -0.358 e. The Kier molecular flexibility index (Phi) is 2.55. The summed E-state index contributed by atoms with van der Waals surface area (Å²) in [5.74, 6) is -0.184. The fourth-order valence-corrected chi connectivity index (χ4v) is 1.95. The Bertz CT molecular complexity index is 260. The van der Waals surface area contributed by atoms with Crippen LogP contribution in [0.4, 0.5) is 0 Å². The van der Waals surface area contributed by atoms with E-state index >= 15 is 0 Å². The molecule has 0 saturated heterocycles. The standard InChI is InChI=1S/C10H15NO2/c1-4-7-5-6-8(12)10(7,2)9(13)11-3/h4,7H,1,5-6H2,2-3H3,(H,11,13)/t7-,10-/m0/s1. The Morgan fingerprint density at radius 1 is 1.77 bits per heavy atom. The molecule has 1 aliphatic rings. The molecule has 0 aliphatic heterocycles. The number of allylic oxidation sites excluding steroid dienone is 1. The number of ketones is 1. The molecule has 1 amide bonds. The summed E-state index contributed by atoms with van der Waals surface area (Å²) in [4.78, 5) is 23.1. The first-order chi connectivity index (χ1) is 6.07. The third-order valence-corrected chi connectivity index (χ3v) is 2.99. The maximum atomic E-state index is 11.6. The van der Waals surface area contributed by atoms with Crippen LogP contribution in [0.15, 0.2) is 12.7 Å². The molecule has 0 aromatic carbocycles. The van der Waals surface area contributed by atoms with E-state index < -0.39 is 5.41 Å². The van der Waals surface area contributed by atoms with Crippen molar-refractivity contribution in [3.8, 4) is 0 Å². The summed E-state index contributed by atoms with van der Waals surface area (Å²) in [5, 5.41) is 2.53. The second-order valence-corrected chi connectivity index (χ2v) is 3.59. The zero-order chi connectivity index (χ0) is 10.1. The largest absolute Gasteiger partial charge is 0.358 e. The van der Waals surface area contributed by atoms with Gasteiger partial charge >= 0.3 is 0 Å². The lowest BCUT2D eigenvalue weighted by Crippen LogP contribution is -2.43. The second-order valence-electron chi connectivity index (χ2n) is 3.59. The van der Waals surface area contributed by atoms with Crippen LogP contribution in [0, 0.1) is 11.3 Å². The summed E-state index contributed by atoms with van der Waals surface area (Å²) in [6, 6.07) is 0. The molecule has 0 bridgehead atoms. The van der Waals surface area contributed by atoms with Crippen LogP contribution in [-0.2, 0) is 9.59 Å². The Morgan fingerprint density at radius 2 is 2.38 bits per heavy atom. The number of rotatable bonds is 2. The van der Waals surface area contributed by atoms with Crippen LogP contribution in [0.3, 0.4) is 0 Å². The second kappa shape index (κ2) is 3.32. The van der Waals surface area contributed by atoms with Crippen LogP contribution in [0.1, 0.15) is 19.8 Å². The SMILES string of the molecule is C=C[C@H]1CCC(=O)[C@@]1(C)C(=O)NC. The summed E-state index contributed by atoms with van der Waals surface area (Å²) < 4.78 is 0. The van der Waals surface area contributed by atoms with Crippen molar-refractivity contribution in [3.63, 3.8) is 0 Å². The van der Waals surface area contributed by atoms with Crippen molar-refractivity contribution in [3.05, 3.63) is 12.7 Å². The molecule has 72 valence electrons. The average molecular weight is 181 g/mol. The topological polar surface area (TPSA) is 46.2 Å². The Labute approximate surface area is 78.2 Å². The van der Waals surface area contributed by atoms with E-state index in [-0.39, 0.29) is 17.6 Å². The fourth-order valence-electron chi connectivity index (χ4n) is 1.95. The molecule has 0 unspecified atom stereocenters. The Morgan fingerprint density at radius 3 is 2.85 bits per heavy atom. The zero-order valence-electron chi connectivity index (χ0n) is 8.09. The highest BCUT2D eigenvalue weighted by atomic mass is 16.2. The molecule has 13 heavy (non-hydrogen) atoms. The van der Waals surface area contributed by atoms with E-state index in [1.807, 2.05) is 0 Å². The summed E-state index contributed by atoms with van der Waals surface area (Å²) in [5.41, 5.74) is -0.878. The third-order valence-electron chi connectivity index (χ3n) is 2.99. The predicted octanol–water partition coefficient (Wildman–Crippen LogP) is 0.904. The first kappa shape index (κ1) is 9.96. The van der Waals surface area contributed by atoms with Gasteiger partial charge in [-0.3, -0.25) is 9.59 Å². The molecule has 0 spiro atoms. The molecule has 1 aliphatic carbocycles. The van der Waals surface area contributed by atoms with Crippen molar-refractivity contribution in [1.82, 2.24) is 5.32 Å². The normalized spacial score (nSPS) is 33.1. The van der Waals surface area contributed by atoms with Gasteiger partial charge in [0.2, 0.25) is 5.91 Å². The molecule has 0 aromatic heterocycles. The van der Waals surface area contributed by atoms with E-state index in [0.29, 0.717) is 6.42 Å². The van der Waals surface area contributed by atoms with Crippen molar-refractivity contribution < 1.29 is 9.59 Å². The van der Waals surface area contributed by atoms with Crippen molar-refractivity contribution in [2.24, 2.45) is 11.3 Å².